The number of carbonyl (C=O) groups excluding carboxylic acids is 2. The highest BCUT2D eigenvalue weighted by molar-refractivity contribution is 5.90. The van der Waals surface area contributed by atoms with E-state index in [0.29, 0.717) is 12.8 Å². The zero-order valence-corrected chi connectivity index (χ0v) is 12.6. The van der Waals surface area contributed by atoms with Crippen molar-refractivity contribution in [3.05, 3.63) is 29.8 Å². The van der Waals surface area contributed by atoms with Crippen molar-refractivity contribution in [1.82, 2.24) is 4.90 Å². The van der Waals surface area contributed by atoms with Crippen molar-refractivity contribution in [2.24, 2.45) is 0 Å². The molecule has 0 spiro atoms. The van der Waals surface area contributed by atoms with Crippen LogP contribution in [0.25, 0.3) is 0 Å². The zero-order valence-electron chi connectivity index (χ0n) is 12.6. The number of amides is 2. The molecule has 1 aromatic rings. The van der Waals surface area contributed by atoms with Crippen LogP contribution in [0.2, 0.25) is 0 Å². The van der Waals surface area contributed by atoms with E-state index in [2.05, 4.69) is 5.32 Å². The first kappa shape index (κ1) is 16.2. The van der Waals surface area contributed by atoms with Gasteiger partial charge in [-0.1, -0.05) is 24.1 Å². The Labute approximate surface area is 121 Å². The van der Waals surface area contributed by atoms with Crippen LogP contribution < -0.4 is 5.32 Å². The number of aryl methyl sites for hydroxylation is 1. The first-order valence-electron chi connectivity index (χ1n) is 7.05. The summed E-state index contributed by atoms with van der Waals surface area (Å²) in [7, 11) is 3.52. The molecule has 0 saturated heterocycles. The Morgan fingerprint density at radius 1 is 1.00 bits per heavy atom. The van der Waals surface area contributed by atoms with Crippen LogP contribution in [0.15, 0.2) is 24.3 Å². The monoisotopic (exact) mass is 276 g/mol. The summed E-state index contributed by atoms with van der Waals surface area (Å²) in [6.07, 6.45) is 3.63. The second-order valence-electron chi connectivity index (χ2n) is 5.26. The normalized spacial score (nSPS) is 10.2. The van der Waals surface area contributed by atoms with Gasteiger partial charge in [0.25, 0.3) is 0 Å². The summed E-state index contributed by atoms with van der Waals surface area (Å²) in [5.74, 6) is 0.182. The number of nitrogens with one attached hydrogen (secondary N) is 1. The highest BCUT2D eigenvalue weighted by Crippen LogP contribution is 2.10. The van der Waals surface area contributed by atoms with Gasteiger partial charge in [0, 0.05) is 32.6 Å². The van der Waals surface area contributed by atoms with Gasteiger partial charge in [-0.15, -0.1) is 0 Å². The van der Waals surface area contributed by atoms with E-state index in [-0.39, 0.29) is 11.8 Å². The molecule has 20 heavy (non-hydrogen) atoms. The topological polar surface area (TPSA) is 49.4 Å². The van der Waals surface area contributed by atoms with Crippen molar-refractivity contribution in [2.45, 2.75) is 39.0 Å². The Bertz CT molecular complexity index is 438. The molecule has 0 fully saturated rings. The smallest absolute Gasteiger partial charge is 0.224 e. The van der Waals surface area contributed by atoms with Crippen LogP contribution in [-0.4, -0.2) is 30.8 Å². The van der Waals surface area contributed by atoms with Gasteiger partial charge in [-0.2, -0.15) is 0 Å². The van der Waals surface area contributed by atoms with E-state index < -0.39 is 0 Å². The van der Waals surface area contributed by atoms with Gasteiger partial charge in [0.2, 0.25) is 11.8 Å². The second-order valence-corrected chi connectivity index (χ2v) is 5.26. The summed E-state index contributed by atoms with van der Waals surface area (Å²) in [5, 5.41) is 2.87. The van der Waals surface area contributed by atoms with E-state index >= 15 is 0 Å². The number of hydrogen-bond acceptors (Lipinski definition) is 2. The Morgan fingerprint density at radius 2 is 1.60 bits per heavy atom. The number of carbonyl (C=O) groups is 2. The summed E-state index contributed by atoms with van der Waals surface area (Å²) in [4.78, 5) is 24.7. The minimum Gasteiger partial charge on any atom is -0.349 e. The van der Waals surface area contributed by atoms with Gasteiger partial charge in [0.05, 0.1) is 0 Å². The molecule has 4 heteroatoms. The third-order valence-electron chi connectivity index (χ3n) is 3.13. The molecule has 1 N–H and O–H groups in total. The van der Waals surface area contributed by atoms with Crippen molar-refractivity contribution in [3.63, 3.8) is 0 Å². The van der Waals surface area contributed by atoms with E-state index in [4.69, 9.17) is 0 Å². The fourth-order valence-electron chi connectivity index (χ4n) is 1.82. The van der Waals surface area contributed by atoms with Crippen LogP contribution in [0.1, 0.15) is 37.7 Å². The highest BCUT2D eigenvalue weighted by Gasteiger charge is 2.05. The summed E-state index contributed by atoms with van der Waals surface area (Å²) in [6, 6.07) is 7.76. The van der Waals surface area contributed by atoms with Gasteiger partial charge in [-0.05, 0) is 31.9 Å². The quantitative estimate of drug-likeness (QED) is 0.778. The van der Waals surface area contributed by atoms with Gasteiger partial charge in [0.1, 0.15) is 0 Å². The molecule has 0 aliphatic carbocycles. The third kappa shape index (κ3) is 6.36. The molecule has 0 atom stereocenters. The lowest BCUT2D eigenvalue weighted by Crippen LogP contribution is -2.21. The highest BCUT2D eigenvalue weighted by atomic mass is 16.2. The van der Waals surface area contributed by atoms with Crippen LogP contribution in [-0.2, 0) is 9.59 Å². The van der Waals surface area contributed by atoms with Crippen molar-refractivity contribution >= 4 is 17.5 Å². The fraction of sp³-hybridized carbons (Fsp3) is 0.500. The van der Waals surface area contributed by atoms with E-state index in [1.807, 2.05) is 31.2 Å². The molecule has 110 valence electrons. The van der Waals surface area contributed by atoms with Gasteiger partial charge in [-0.3, -0.25) is 9.59 Å². The molecule has 4 nitrogen and oxygen atoms in total. The molecule has 0 unspecified atom stereocenters. The number of anilines is 1. The molecule has 0 aliphatic rings. The van der Waals surface area contributed by atoms with Crippen molar-refractivity contribution in [2.75, 3.05) is 19.4 Å². The van der Waals surface area contributed by atoms with E-state index in [0.717, 1.165) is 24.9 Å². The molecule has 0 radical (unpaired) electrons. The average molecular weight is 276 g/mol. The van der Waals surface area contributed by atoms with Crippen molar-refractivity contribution in [1.29, 1.82) is 0 Å². The number of hydrogen-bond donors (Lipinski definition) is 1. The lowest BCUT2D eigenvalue weighted by molar-refractivity contribution is -0.128. The van der Waals surface area contributed by atoms with Gasteiger partial charge in [0.15, 0.2) is 0 Å². The molecular formula is C16H24N2O2. The van der Waals surface area contributed by atoms with Gasteiger partial charge in [-0.25, -0.2) is 0 Å². The summed E-state index contributed by atoms with van der Waals surface area (Å²) in [5.41, 5.74) is 2.01. The zero-order chi connectivity index (χ0) is 15.0. The first-order chi connectivity index (χ1) is 9.49. The molecule has 1 rings (SSSR count). The number of nitrogens with zero attached hydrogens (tertiary/aromatic N) is 1. The van der Waals surface area contributed by atoms with Gasteiger partial charge < -0.3 is 10.2 Å². The largest absolute Gasteiger partial charge is 0.349 e. The predicted octanol–water partition coefficient (Wildman–Crippen LogP) is 2.97. The van der Waals surface area contributed by atoms with E-state index in [1.165, 1.54) is 5.56 Å². The summed E-state index contributed by atoms with van der Waals surface area (Å²) < 4.78 is 0. The van der Waals surface area contributed by atoms with Crippen molar-refractivity contribution < 1.29 is 9.59 Å². The molecule has 0 bridgehead atoms. The molecule has 0 saturated carbocycles. The maximum Gasteiger partial charge on any atom is 0.224 e. The Balaban J connectivity index is 2.14. The SMILES string of the molecule is Cc1ccc(NC(=O)CCCCCC(=O)N(C)C)cc1. The number of benzene rings is 1. The molecule has 2 amide bonds. The Morgan fingerprint density at radius 3 is 2.20 bits per heavy atom. The summed E-state index contributed by atoms with van der Waals surface area (Å²) in [6.45, 7) is 2.01. The maximum absolute atomic E-state index is 11.7. The average Bonchev–Trinajstić information content (AvgIpc) is 2.40. The third-order valence-corrected chi connectivity index (χ3v) is 3.13. The molecule has 0 aliphatic heterocycles. The van der Waals surface area contributed by atoms with Crippen LogP contribution in [0.5, 0.6) is 0 Å². The Hall–Kier alpha value is -1.84. The standard InChI is InChI=1S/C16H24N2O2/c1-13-9-11-14(12-10-13)17-15(19)7-5-4-6-8-16(20)18(2)3/h9-12H,4-8H2,1-3H3,(H,17,19). The van der Waals surface area contributed by atoms with Crippen LogP contribution in [0.4, 0.5) is 5.69 Å². The Kier molecular flexibility index (Phi) is 6.77. The number of rotatable bonds is 7. The molecule has 1 aromatic carbocycles. The maximum atomic E-state index is 11.7. The first-order valence-corrected chi connectivity index (χ1v) is 7.05. The van der Waals surface area contributed by atoms with Gasteiger partial charge >= 0.3 is 0 Å². The lowest BCUT2D eigenvalue weighted by atomic mass is 10.1. The number of unbranched alkanes of at least 4 members (excludes halogenated alkanes) is 2. The fourth-order valence-corrected chi connectivity index (χ4v) is 1.82. The van der Waals surface area contributed by atoms with E-state index in [1.54, 1.807) is 19.0 Å². The van der Waals surface area contributed by atoms with Crippen molar-refractivity contribution in [3.8, 4) is 0 Å². The second kappa shape index (κ2) is 8.35. The summed E-state index contributed by atoms with van der Waals surface area (Å²) >= 11 is 0. The lowest BCUT2D eigenvalue weighted by Gasteiger charge is -2.09. The van der Waals surface area contributed by atoms with Crippen LogP contribution in [0, 0.1) is 6.92 Å². The minimum absolute atomic E-state index is 0.0350. The van der Waals surface area contributed by atoms with E-state index in [9.17, 15) is 9.59 Å². The van der Waals surface area contributed by atoms with Crippen LogP contribution >= 0.6 is 0 Å². The minimum atomic E-state index is 0.0350. The molecule has 0 heterocycles. The molecular weight excluding hydrogens is 252 g/mol. The van der Waals surface area contributed by atoms with Crippen LogP contribution in [0.3, 0.4) is 0 Å². The molecule has 0 aromatic heterocycles. The predicted molar refractivity (Wildman–Crippen MR) is 81.6 cm³/mol.